The predicted octanol–water partition coefficient (Wildman–Crippen LogP) is 4.23. The molecule has 21 heavy (non-hydrogen) atoms. The lowest BCUT2D eigenvalue weighted by Crippen LogP contribution is -2.12. The molecule has 0 saturated heterocycles. The summed E-state index contributed by atoms with van der Waals surface area (Å²) in [6.45, 7) is 4.29. The van der Waals surface area contributed by atoms with Crippen LogP contribution in [0.4, 0.5) is 0 Å². The summed E-state index contributed by atoms with van der Waals surface area (Å²) in [5, 5.41) is 3.80. The maximum atomic E-state index is 6.23. The summed E-state index contributed by atoms with van der Waals surface area (Å²) >= 11 is 0. The van der Waals surface area contributed by atoms with E-state index >= 15 is 0 Å². The third kappa shape index (κ3) is 2.75. The summed E-state index contributed by atoms with van der Waals surface area (Å²) < 4.78 is 17.1. The molecule has 1 aromatic heterocycles. The quantitative estimate of drug-likeness (QED) is 0.844. The van der Waals surface area contributed by atoms with Gasteiger partial charge in [0.1, 0.15) is 17.1 Å². The summed E-state index contributed by atoms with van der Waals surface area (Å²) in [6, 6.07) is 5.85. The molecule has 0 unspecified atom stereocenters. The van der Waals surface area contributed by atoms with Crippen LogP contribution in [0.1, 0.15) is 31.7 Å². The lowest BCUT2D eigenvalue weighted by Gasteiger charge is -2.18. The van der Waals surface area contributed by atoms with Crippen molar-refractivity contribution in [1.82, 2.24) is 5.16 Å². The van der Waals surface area contributed by atoms with Crippen LogP contribution in [0.3, 0.4) is 0 Å². The van der Waals surface area contributed by atoms with Gasteiger partial charge in [0.2, 0.25) is 0 Å². The van der Waals surface area contributed by atoms with E-state index in [-0.39, 0.29) is 6.10 Å². The topological polar surface area (TPSA) is 44.5 Å². The molecule has 1 heterocycles. The van der Waals surface area contributed by atoms with Crippen molar-refractivity contribution in [3.05, 3.63) is 30.0 Å². The molecule has 3 rings (SSSR count). The molecule has 4 nitrogen and oxygen atoms in total. The number of benzene rings is 1. The van der Waals surface area contributed by atoms with E-state index in [2.05, 4.69) is 12.1 Å². The molecule has 0 spiro atoms. The molecule has 1 aliphatic rings. The van der Waals surface area contributed by atoms with Crippen molar-refractivity contribution in [3.8, 4) is 22.8 Å². The molecule has 112 valence electrons. The zero-order valence-electron chi connectivity index (χ0n) is 12.8. The Morgan fingerprint density at radius 3 is 2.71 bits per heavy atom. The van der Waals surface area contributed by atoms with Gasteiger partial charge in [0.05, 0.1) is 19.4 Å². The molecule has 1 fully saturated rings. The monoisotopic (exact) mass is 287 g/mol. The van der Waals surface area contributed by atoms with Gasteiger partial charge in [-0.3, -0.25) is 0 Å². The molecule has 4 heteroatoms. The molecule has 0 amide bonds. The standard InChI is InChI=1S/C17H21NO3/c1-11-4-6-13(10-11)20-14-7-5-12(2)17(19-3)16(14)15-8-9-18-21-15/h5,7-9,11,13H,4,6,10H2,1-3H3/t11-,13+/m0/s1. The SMILES string of the molecule is COc1c(C)ccc(O[C@@H]2CC[C@H](C)C2)c1-c1ccno1. The predicted molar refractivity (Wildman–Crippen MR) is 80.7 cm³/mol. The van der Waals surface area contributed by atoms with E-state index in [9.17, 15) is 0 Å². The first-order chi connectivity index (χ1) is 10.2. The summed E-state index contributed by atoms with van der Waals surface area (Å²) in [7, 11) is 1.67. The largest absolute Gasteiger partial charge is 0.496 e. The number of rotatable bonds is 4. The van der Waals surface area contributed by atoms with Crippen LogP contribution in [-0.2, 0) is 0 Å². The second-order valence-electron chi connectivity index (χ2n) is 5.82. The molecule has 0 aliphatic heterocycles. The highest BCUT2D eigenvalue weighted by atomic mass is 16.5. The average Bonchev–Trinajstić information content (AvgIpc) is 3.12. The van der Waals surface area contributed by atoms with E-state index < -0.39 is 0 Å². The van der Waals surface area contributed by atoms with Gasteiger partial charge in [-0.1, -0.05) is 18.1 Å². The van der Waals surface area contributed by atoms with Crippen molar-refractivity contribution in [2.45, 2.75) is 39.2 Å². The van der Waals surface area contributed by atoms with E-state index in [1.165, 1.54) is 6.42 Å². The molecule has 1 aromatic carbocycles. The number of ether oxygens (including phenoxy) is 2. The fourth-order valence-corrected chi connectivity index (χ4v) is 3.05. The van der Waals surface area contributed by atoms with Gasteiger partial charge in [-0.2, -0.15) is 0 Å². The van der Waals surface area contributed by atoms with Crippen LogP contribution in [0, 0.1) is 12.8 Å². The van der Waals surface area contributed by atoms with Crippen LogP contribution in [0.25, 0.3) is 11.3 Å². The Bertz CT molecular complexity index is 607. The molecule has 0 radical (unpaired) electrons. The summed E-state index contributed by atoms with van der Waals surface area (Å²) in [6.07, 6.45) is 5.34. The van der Waals surface area contributed by atoms with Crippen LogP contribution in [-0.4, -0.2) is 18.4 Å². The second-order valence-corrected chi connectivity index (χ2v) is 5.82. The third-order valence-electron chi connectivity index (χ3n) is 4.15. The minimum absolute atomic E-state index is 0.272. The van der Waals surface area contributed by atoms with E-state index in [0.717, 1.165) is 41.4 Å². The zero-order chi connectivity index (χ0) is 14.8. The van der Waals surface area contributed by atoms with Gasteiger partial charge < -0.3 is 14.0 Å². The van der Waals surface area contributed by atoms with Crippen molar-refractivity contribution in [2.24, 2.45) is 5.92 Å². The maximum Gasteiger partial charge on any atom is 0.174 e. The molecule has 0 bridgehead atoms. The van der Waals surface area contributed by atoms with E-state index in [4.69, 9.17) is 14.0 Å². The smallest absolute Gasteiger partial charge is 0.174 e. The number of methoxy groups -OCH3 is 1. The van der Waals surface area contributed by atoms with Crippen LogP contribution in [0.2, 0.25) is 0 Å². The summed E-state index contributed by atoms with van der Waals surface area (Å²) in [5.74, 6) is 3.01. The van der Waals surface area contributed by atoms with Crippen LogP contribution in [0.5, 0.6) is 11.5 Å². The van der Waals surface area contributed by atoms with Crippen LogP contribution in [0.15, 0.2) is 28.9 Å². The van der Waals surface area contributed by atoms with Gasteiger partial charge in [-0.25, -0.2) is 0 Å². The number of aromatic nitrogens is 1. The highest BCUT2D eigenvalue weighted by Crippen LogP contribution is 2.42. The van der Waals surface area contributed by atoms with Crippen molar-refractivity contribution in [3.63, 3.8) is 0 Å². The molecule has 0 N–H and O–H groups in total. The minimum atomic E-state index is 0.272. The average molecular weight is 287 g/mol. The summed E-state index contributed by atoms with van der Waals surface area (Å²) in [4.78, 5) is 0. The van der Waals surface area contributed by atoms with Gasteiger partial charge in [-0.05, 0) is 43.7 Å². The first kappa shape index (κ1) is 14.0. The second kappa shape index (κ2) is 5.80. The first-order valence-corrected chi connectivity index (χ1v) is 7.44. The van der Waals surface area contributed by atoms with Gasteiger partial charge in [0.15, 0.2) is 5.76 Å². The number of aryl methyl sites for hydroxylation is 1. The van der Waals surface area contributed by atoms with Crippen molar-refractivity contribution in [2.75, 3.05) is 7.11 Å². The van der Waals surface area contributed by atoms with Crippen molar-refractivity contribution in [1.29, 1.82) is 0 Å². The van der Waals surface area contributed by atoms with Gasteiger partial charge >= 0.3 is 0 Å². The lowest BCUT2D eigenvalue weighted by atomic mass is 10.1. The Morgan fingerprint density at radius 2 is 2.10 bits per heavy atom. The molecular formula is C17H21NO3. The molecular weight excluding hydrogens is 266 g/mol. The van der Waals surface area contributed by atoms with Crippen molar-refractivity contribution >= 4 is 0 Å². The van der Waals surface area contributed by atoms with E-state index in [0.29, 0.717) is 5.76 Å². The molecule has 2 atom stereocenters. The number of hydrogen-bond acceptors (Lipinski definition) is 4. The lowest BCUT2D eigenvalue weighted by molar-refractivity contribution is 0.205. The third-order valence-corrected chi connectivity index (χ3v) is 4.15. The van der Waals surface area contributed by atoms with E-state index in [1.807, 2.05) is 25.1 Å². The zero-order valence-corrected chi connectivity index (χ0v) is 12.8. The Kier molecular flexibility index (Phi) is 3.86. The molecule has 1 aliphatic carbocycles. The molecule has 1 saturated carbocycles. The molecule has 2 aromatic rings. The Balaban J connectivity index is 1.99. The number of nitrogens with zero attached hydrogens (tertiary/aromatic N) is 1. The Morgan fingerprint density at radius 1 is 1.24 bits per heavy atom. The van der Waals surface area contributed by atoms with Gasteiger partial charge in [0, 0.05) is 6.07 Å². The van der Waals surface area contributed by atoms with Crippen LogP contribution < -0.4 is 9.47 Å². The normalized spacial score (nSPS) is 21.5. The first-order valence-electron chi connectivity index (χ1n) is 7.44. The Labute approximate surface area is 125 Å². The van der Waals surface area contributed by atoms with Crippen LogP contribution >= 0.6 is 0 Å². The van der Waals surface area contributed by atoms with Gasteiger partial charge in [-0.15, -0.1) is 0 Å². The minimum Gasteiger partial charge on any atom is -0.496 e. The van der Waals surface area contributed by atoms with E-state index in [1.54, 1.807) is 13.3 Å². The fourth-order valence-electron chi connectivity index (χ4n) is 3.05. The highest BCUT2D eigenvalue weighted by Gasteiger charge is 2.26. The van der Waals surface area contributed by atoms with Crippen molar-refractivity contribution < 1.29 is 14.0 Å². The number of hydrogen-bond donors (Lipinski definition) is 0. The highest BCUT2D eigenvalue weighted by molar-refractivity contribution is 5.74. The summed E-state index contributed by atoms with van der Waals surface area (Å²) in [5.41, 5.74) is 1.91. The Hall–Kier alpha value is -1.97. The maximum absolute atomic E-state index is 6.23. The fraction of sp³-hybridized carbons (Fsp3) is 0.471. The van der Waals surface area contributed by atoms with Gasteiger partial charge in [0.25, 0.3) is 0 Å².